The van der Waals surface area contributed by atoms with Crippen LogP contribution < -0.4 is 10.9 Å². The van der Waals surface area contributed by atoms with Gasteiger partial charge in [0.1, 0.15) is 0 Å². The highest BCUT2D eigenvalue weighted by atomic mass is 32.2. The lowest BCUT2D eigenvalue weighted by Crippen LogP contribution is -2.22. The maximum Gasteiger partial charge on any atom is 0.273 e. The number of nitro groups is 1. The van der Waals surface area contributed by atoms with Crippen LogP contribution in [0.3, 0.4) is 0 Å². The van der Waals surface area contributed by atoms with Gasteiger partial charge in [-0.2, -0.15) is 0 Å². The molecule has 0 aromatic heterocycles. The van der Waals surface area contributed by atoms with Crippen molar-refractivity contribution >= 4 is 15.7 Å². The summed E-state index contributed by atoms with van der Waals surface area (Å²) in [5, 5.41) is 15.8. The predicted molar refractivity (Wildman–Crippen MR) is 66.4 cm³/mol. The van der Waals surface area contributed by atoms with E-state index in [1.807, 2.05) is 6.92 Å². The smallest absolute Gasteiger partial charge is 0.273 e. The van der Waals surface area contributed by atoms with E-state index < -0.39 is 14.9 Å². The lowest BCUT2D eigenvalue weighted by Gasteiger charge is -2.09. The lowest BCUT2D eigenvalue weighted by atomic mass is 10.0. The molecule has 0 saturated carbocycles. The highest BCUT2D eigenvalue weighted by molar-refractivity contribution is 7.89. The SMILES string of the molecule is CCC(N)Cc1ccc(S(N)(=O)=O)cc1[N+](=O)[O-]. The Labute approximate surface area is 105 Å². The van der Waals surface area contributed by atoms with E-state index >= 15 is 0 Å². The summed E-state index contributed by atoms with van der Waals surface area (Å²) in [4.78, 5) is 9.99. The predicted octanol–water partition coefficient (Wildman–Crippen LogP) is 0.522. The van der Waals surface area contributed by atoms with Crippen molar-refractivity contribution in [3.05, 3.63) is 33.9 Å². The van der Waals surface area contributed by atoms with Crippen LogP contribution in [-0.4, -0.2) is 19.4 Å². The number of hydrogen-bond acceptors (Lipinski definition) is 5. The first-order chi connectivity index (χ1) is 8.25. The van der Waals surface area contributed by atoms with Crippen LogP contribution in [0.4, 0.5) is 5.69 Å². The van der Waals surface area contributed by atoms with Crippen LogP contribution in [0.5, 0.6) is 0 Å². The van der Waals surface area contributed by atoms with Gasteiger partial charge in [0.25, 0.3) is 5.69 Å². The summed E-state index contributed by atoms with van der Waals surface area (Å²) in [6.45, 7) is 1.87. The third kappa shape index (κ3) is 3.49. The first kappa shape index (κ1) is 14.6. The zero-order valence-electron chi connectivity index (χ0n) is 9.87. The summed E-state index contributed by atoms with van der Waals surface area (Å²) in [6, 6.07) is 3.39. The van der Waals surface area contributed by atoms with Crippen molar-refractivity contribution in [3.8, 4) is 0 Å². The number of sulfonamides is 1. The molecule has 0 saturated heterocycles. The molecule has 7 nitrogen and oxygen atoms in total. The second-order valence-electron chi connectivity index (χ2n) is 3.97. The molecule has 0 bridgehead atoms. The van der Waals surface area contributed by atoms with Crippen LogP contribution in [0, 0.1) is 10.1 Å². The van der Waals surface area contributed by atoms with Gasteiger partial charge in [-0.15, -0.1) is 0 Å². The largest absolute Gasteiger partial charge is 0.327 e. The van der Waals surface area contributed by atoms with Gasteiger partial charge in [-0.05, 0) is 18.9 Å². The quantitative estimate of drug-likeness (QED) is 0.596. The molecule has 1 rings (SSSR count). The molecule has 4 N–H and O–H groups in total. The van der Waals surface area contributed by atoms with Crippen LogP contribution in [0.15, 0.2) is 23.1 Å². The molecule has 0 aliphatic heterocycles. The fraction of sp³-hybridized carbons (Fsp3) is 0.400. The van der Waals surface area contributed by atoms with Gasteiger partial charge in [-0.1, -0.05) is 13.0 Å². The minimum atomic E-state index is -3.95. The van der Waals surface area contributed by atoms with Gasteiger partial charge in [-0.3, -0.25) is 10.1 Å². The van der Waals surface area contributed by atoms with Crippen molar-refractivity contribution in [1.29, 1.82) is 0 Å². The van der Waals surface area contributed by atoms with E-state index in [0.717, 1.165) is 6.07 Å². The van der Waals surface area contributed by atoms with E-state index in [0.29, 0.717) is 18.4 Å². The number of nitrogens with zero attached hydrogens (tertiary/aromatic N) is 1. The summed E-state index contributed by atoms with van der Waals surface area (Å²) in [7, 11) is -3.95. The van der Waals surface area contributed by atoms with Crippen LogP contribution in [-0.2, 0) is 16.4 Å². The summed E-state index contributed by atoms with van der Waals surface area (Å²) in [5.74, 6) is 0. The summed E-state index contributed by atoms with van der Waals surface area (Å²) in [5.41, 5.74) is 5.86. The summed E-state index contributed by atoms with van der Waals surface area (Å²) in [6.07, 6.45) is 0.992. The Balaban J connectivity index is 3.25. The van der Waals surface area contributed by atoms with Crippen LogP contribution in [0.2, 0.25) is 0 Å². The van der Waals surface area contributed by atoms with Crippen molar-refractivity contribution in [2.75, 3.05) is 0 Å². The number of primary sulfonamides is 1. The molecular formula is C10H15N3O4S. The van der Waals surface area contributed by atoms with Gasteiger partial charge in [0.15, 0.2) is 0 Å². The van der Waals surface area contributed by atoms with E-state index in [4.69, 9.17) is 10.9 Å². The Bertz CT molecular complexity index is 556. The first-order valence-corrected chi connectivity index (χ1v) is 6.86. The van der Waals surface area contributed by atoms with Gasteiger partial charge in [0, 0.05) is 17.7 Å². The monoisotopic (exact) mass is 273 g/mol. The average Bonchev–Trinajstić information content (AvgIpc) is 2.27. The number of benzene rings is 1. The minimum absolute atomic E-state index is 0.205. The van der Waals surface area contributed by atoms with Crippen LogP contribution in [0.25, 0.3) is 0 Å². The molecule has 18 heavy (non-hydrogen) atoms. The van der Waals surface area contributed by atoms with E-state index in [-0.39, 0.29) is 16.6 Å². The molecule has 0 aliphatic rings. The van der Waals surface area contributed by atoms with Crippen molar-refractivity contribution in [1.82, 2.24) is 0 Å². The van der Waals surface area contributed by atoms with Crippen LogP contribution >= 0.6 is 0 Å². The normalized spacial score (nSPS) is 13.3. The third-order valence-corrected chi connectivity index (χ3v) is 3.50. The number of nitrogens with two attached hydrogens (primary N) is 2. The molecule has 0 aliphatic carbocycles. The van der Waals surface area contributed by atoms with E-state index in [9.17, 15) is 18.5 Å². The van der Waals surface area contributed by atoms with Crippen molar-refractivity contribution in [3.63, 3.8) is 0 Å². The van der Waals surface area contributed by atoms with E-state index in [1.54, 1.807) is 0 Å². The molecule has 0 amide bonds. The van der Waals surface area contributed by atoms with Crippen LogP contribution in [0.1, 0.15) is 18.9 Å². The molecule has 1 aromatic carbocycles. The molecule has 0 radical (unpaired) electrons. The zero-order chi connectivity index (χ0) is 13.9. The Morgan fingerprint density at radius 3 is 2.50 bits per heavy atom. The Hall–Kier alpha value is -1.51. The molecule has 0 fully saturated rings. The Kier molecular flexibility index (Phi) is 4.38. The van der Waals surface area contributed by atoms with Gasteiger partial charge in [0.05, 0.1) is 9.82 Å². The highest BCUT2D eigenvalue weighted by Crippen LogP contribution is 2.23. The Morgan fingerprint density at radius 2 is 2.06 bits per heavy atom. The fourth-order valence-corrected chi connectivity index (χ4v) is 2.02. The fourth-order valence-electron chi connectivity index (χ4n) is 1.49. The standard InChI is InChI=1S/C10H15N3O4S/c1-2-8(11)5-7-3-4-9(18(12,16)17)6-10(7)13(14)15/h3-4,6,8H,2,5,11H2,1H3,(H2,12,16,17). The first-order valence-electron chi connectivity index (χ1n) is 5.31. The second-order valence-corrected chi connectivity index (χ2v) is 5.53. The highest BCUT2D eigenvalue weighted by Gasteiger charge is 2.19. The topological polar surface area (TPSA) is 129 Å². The second kappa shape index (κ2) is 5.42. The van der Waals surface area contributed by atoms with Gasteiger partial charge in [-0.25, -0.2) is 13.6 Å². The minimum Gasteiger partial charge on any atom is -0.327 e. The van der Waals surface area contributed by atoms with Gasteiger partial charge >= 0.3 is 0 Å². The van der Waals surface area contributed by atoms with Crippen molar-refractivity contribution in [2.24, 2.45) is 10.9 Å². The number of hydrogen-bond donors (Lipinski definition) is 2. The van der Waals surface area contributed by atoms with Crippen molar-refractivity contribution < 1.29 is 13.3 Å². The molecule has 1 atom stereocenters. The number of rotatable bonds is 5. The van der Waals surface area contributed by atoms with Gasteiger partial charge in [0.2, 0.25) is 10.0 Å². The zero-order valence-corrected chi connectivity index (χ0v) is 10.7. The molecule has 100 valence electrons. The maximum atomic E-state index is 11.1. The van der Waals surface area contributed by atoms with Crippen molar-refractivity contribution in [2.45, 2.75) is 30.7 Å². The summed E-state index contributed by atoms with van der Waals surface area (Å²) >= 11 is 0. The Morgan fingerprint density at radius 1 is 1.44 bits per heavy atom. The van der Waals surface area contributed by atoms with E-state index in [2.05, 4.69) is 0 Å². The molecule has 0 spiro atoms. The van der Waals surface area contributed by atoms with Gasteiger partial charge < -0.3 is 5.73 Å². The molecule has 1 unspecified atom stereocenters. The summed E-state index contributed by atoms with van der Waals surface area (Å²) < 4.78 is 22.3. The third-order valence-electron chi connectivity index (χ3n) is 2.59. The lowest BCUT2D eigenvalue weighted by molar-refractivity contribution is -0.385. The average molecular weight is 273 g/mol. The number of nitro benzene ring substituents is 1. The molecule has 1 aromatic rings. The molecule has 0 heterocycles. The molecule has 8 heteroatoms. The maximum absolute atomic E-state index is 11.1. The van der Waals surface area contributed by atoms with E-state index in [1.165, 1.54) is 12.1 Å². The molecular weight excluding hydrogens is 258 g/mol.